The topological polar surface area (TPSA) is 58.9 Å². The van der Waals surface area contributed by atoms with Crippen molar-refractivity contribution in [2.45, 2.75) is 36.1 Å². The number of aliphatic hydroxyl groups excluding tert-OH is 2. The molecule has 142 valence electrons. The maximum atomic E-state index is 9.97. The summed E-state index contributed by atoms with van der Waals surface area (Å²) in [5, 5.41) is 21.5. The minimum atomic E-state index is -0.410. The Morgan fingerprint density at radius 2 is 1.04 bits per heavy atom. The van der Waals surface area contributed by atoms with Gasteiger partial charge in [0.25, 0.3) is 0 Å². The minimum absolute atomic E-state index is 0.364. The van der Waals surface area contributed by atoms with Crippen LogP contribution in [0.3, 0.4) is 0 Å². The van der Waals surface area contributed by atoms with E-state index in [4.69, 9.17) is 9.47 Å². The number of rotatable bonds is 13. The molecule has 2 unspecified atom stereocenters. The molecule has 0 aliphatic heterocycles. The van der Waals surface area contributed by atoms with Gasteiger partial charge in [-0.1, -0.05) is 0 Å². The van der Waals surface area contributed by atoms with E-state index in [1.165, 1.54) is 0 Å². The van der Waals surface area contributed by atoms with Crippen LogP contribution in [0, 0.1) is 0 Å². The molecular formula is C20H26O4Se2. The van der Waals surface area contributed by atoms with Crippen molar-refractivity contribution in [2.24, 2.45) is 0 Å². The van der Waals surface area contributed by atoms with Crippen LogP contribution in [-0.4, -0.2) is 61.9 Å². The molecule has 0 saturated heterocycles. The van der Waals surface area contributed by atoms with Crippen molar-refractivity contribution in [3.63, 3.8) is 0 Å². The maximum absolute atomic E-state index is 9.97. The van der Waals surface area contributed by atoms with Gasteiger partial charge in [-0.05, 0) is 0 Å². The van der Waals surface area contributed by atoms with Gasteiger partial charge in [-0.25, -0.2) is 0 Å². The molecule has 6 heteroatoms. The third-order valence-corrected chi connectivity index (χ3v) is 10.8. The first kappa shape index (κ1) is 21.6. The summed E-state index contributed by atoms with van der Waals surface area (Å²) in [5.41, 5.74) is 2.24. The molecule has 0 aliphatic carbocycles. The molecule has 0 saturated carbocycles. The van der Waals surface area contributed by atoms with Crippen molar-refractivity contribution >= 4 is 26.3 Å². The van der Waals surface area contributed by atoms with Gasteiger partial charge in [-0.15, -0.1) is 0 Å². The van der Waals surface area contributed by atoms with Gasteiger partial charge in [-0.3, -0.25) is 0 Å². The number of aliphatic hydroxyl groups is 2. The Morgan fingerprint density at radius 3 is 1.42 bits per heavy atom. The third kappa shape index (κ3) is 9.86. The summed E-state index contributed by atoms with van der Waals surface area (Å²) < 4.78 is 11.1. The molecule has 0 radical (unpaired) electrons. The molecule has 0 aromatic heterocycles. The molecule has 0 fully saturated rings. The number of hydrogen-bond donors (Lipinski definition) is 2. The molecule has 0 heterocycles. The molecule has 0 amide bonds. The summed E-state index contributed by atoms with van der Waals surface area (Å²) in [7, 11) is 0. The average molecular weight is 488 g/mol. The summed E-state index contributed by atoms with van der Waals surface area (Å²) >= 11 is 0.728. The zero-order valence-electron chi connectivity index (χ0n) is 14.7. The Bertz CT molecular complexity index is 529. The van der Waals surface area contributed by atoms with E-state index in [9.17, 15) is 10.2 Å². The van der Waals surface area contributed by atoms with Crippen molar-refractivity contribution in [3.8, 4) is 0 Å². The average Bonchev–Trinajstić information content (AvgIpc) is 2.67. The second-order valence-corrected chi connectivity index (χ2v) is 13.4. The fourth-order valence-electron chi connectivity index (χ4n) is 2.12. The molecule has 0 bridgehead atoms. The molecule has 2 aromatic carbocycles. The van der Waals surface area contributed by atoms with Crippen LogP contribution in [0.15, 0.2) is 60.7 Å². The Balaban J connectivity index is 1.44. The van der Waals surface area contributed by atoms with E-state index in [1.54, 1.807) is 0 Å². The molecule has 2 N–H and O–H groups in total. The summed E-state index contributed by atoms with van der Waals surface area (Å²) in [4.78, 5) is 0. The number of benzene rings is 2. The van der Waals surface area contributed by atoms with Crippen LogP contribution in [0.2, 0.25) is 10.6 Å². The van der Waals surface area contributed by atoms with Gasteiger partial charge < -0.3 is 0 Å². The Kier molecular flexibility index (Phi) is 11.2. The van der Waals surface area contributed by atoms with Crippen LogP contribution in [0.1, 0.15) is 11.1 Å². The van der Waals surface area contributed by atoms with E-state index in [0.717, 1.165) is 21.8 Å². The van der Waals surface area contributed by atoms with Crippen molar-refractivity contribution < 1.29 is 19.7 Å². The van der Waals surface area contributed by atoms with E-state index in [2.05, 4.69) is 0 Å². The Hall–Kier alpha value is -0.681. The number of ether oxygens (including phenoxy) is 2. The summed E-state index contributed by atoms with van der Waals surface area (Å²) in [5.74, 6) is 0. The van der Waals surface area contributed by atoms with Gasteiger partial charge in [0.1, 0.15) is 0 Å². The molecule has 2 atom stereocenters. The first-order chi connectivity index (χ1) is 12.7. The molecule has 0 spiro atoms. The van der Waals surface area contributed by atoms with E-state index < -0.39 is 12.2 Å². The van der Waals surface area contributed by atoms with Gasteiger partial charge in [-0.2, -0.15) is 0 Å². The van der Waals surface area contributed by atoms with Crippen molar-refractivity contribution in [3.05, 3.63) is 71.8 Å². The van der Waals surface area contributed by atoms with Gasteiger partial charge in [0.15, 0.2) is 0 Å². The second kappa shape index (κ2) is 13.5. The van der Waals surface area contributed by atoms with E-state index in [0.29, 0.717) is 52.7 Å². The van der Waals surface area contributed by atoms with Crippen molar-refractivity contribution in [1.82, 2.24) is 0 Å². The van der Waals surface area contributed by atoms with Crippen LogP contribution in [0.5, 0.6) is 0 Å². The molecular weight excluding hydrogens is 462 g/mol. The van der Waals surface area contributed by atoms with Gasteiger partial charge in [0.2, 0.25) is 0 Å². The first-order valence-corrected chi connectivity index (χ1v) is 15.3. The summed E-state index contributed by atoms with van der Waals surface area (Å²) in [6.45, 7) is 1.81. The second-order valence-electron chi connectivity index (χ2n) is 5.88. The zero-order valence-corrected chi connectivity index (χ0v) is 18.1. The van der Waals surface area contributed by atoms with Crippen molar-refractivity contribution in [2.75, 3.05) is 13.2 Å². The van der Waals surface area contributed by atoms with Gasteiger partial charge >= 0.3 is 167 Å². The molecule has 2 rings (SSSR count). The number of hydrogen-bond acceptors (Lipinski definition) is 4. The van der Waals surface area contributed by atoms with Gasteiger partial charge in [0, 0.05) is 0 Å². The van der Waals surface area contributed by atoms with Crippen LogP contribution in [-0.2, 0) is 22.7 Å². The predicted octanol–water partition coefficient (Wildman–Crippen LogP) is 2.30. The Labute approximate surface area is 166 Å². The standard InChI is InChI=1S/C20H26O4Se2/c21-19(13-23-11-17-7-3-1-4-8-17)15-25-26-16-20(22)14-24-12-18-9-5-2-6-10-18/h1-10,19-22H,11-16H2. The SMILES string of the molecule is OC(COCc1ccccc1)C[Se][Se]CC(O)COCc1ccccc1. The van der Waals surface area contributed by atoms with Crippen LogP contribution < -0.4 is 0 Å². The van der Waals surface area contributed by atoms with Crippen LogP contribution >= 0.6 is 0 Å². The monoisotopic (exact) mass is 490 g/mol. The molecule has 26 heavy (non-hydrogen) atoms. The molecule has 0 aliphatic rings. The molecule has 4 nitrogen and oxygen atoms in total. The van der Waals surface area contributed by atoms with Crippen molar-refractivity contribution in [1.29, 1.82) is 0 Å². The van der Waals surface area contributed by atoms with Crippen LogP contribution in [0.4, 0.5) is 0 Å². The fourth-order valence-corrected chi connectivity index (χ4v) is 9.11. The van der Waals surface area contributed by atoms with E-state index in [-0.39, 0.29) is 0 Å². The summed E-state index contributed by atoms with van der Waals surface area (Å²) in [6.07, 6.45) is -0.820. The normalized spacial score (nSPS) is 13.5. The van der Waals surface area contributed by atoms with Crippen LogP contribution in [0.25, 0.3) is 0 Å². The predicted molar refractivity (Wildman–Crippen MR) is 105 cm³/mol. The third-order valence-electron chi connectivity index (χ3n) is 3.45. The summed E-state index contributed by atoms with van der Waals surface area (Å²) in [6, 6.07) is 19.9. The Morgan fingerprint density at radius 1 is 0.654 bits per heavy atom. The zero-order chi connectivity index (χ0) is 18.5. The fraction of sp³-hybridized carbons (Fsp3) is 0.400. The van der Waals surface area contributed by atoms with Gasteiger partial charge in [0.05, 0.1) is 0 Å². The molecule has 2 aromatic rings. The first-order valence-electron chi connectivity index (χ1n) is 8.58. The van der Waals surface area contributed by atoms with E-state index >= 15 is 0 Å². The quantitative estimate of drug-likeness (QED) is 0.336. The van der Waals surface area contributed by atoms with E-state index in [1.807, 2.05) is 60.7 Å².